The number of hydrogen-bond donors (Lipinski definition) is 1. The third-order valence-electron chi connectivity index (χ3n) is 6.27. The minimum atomic E-state index is -0.570. The Morgan fingerprint density at radius 1 is 1.09 bits per heavy atom. The van der Waals surface area contributed by atoms with E-state index in [9.17, 15) is 4.79 Å². The number of alkyl carbamates (subject to hydrolysis) is 1. The van der Waals surface area contributed by atoms with E-state index in [1.165, 1.54) is 5.56 Å². The number of hydrogen-bond acceptors (Lipinski definition) is 5. The number of ether oxygens (including phenoxy) is 2. The van der Waals surface area contributed by atoms with Crippen LogP contribution in [0, 0.1) is 0 Å². The highest BCUT2D eigenvalue weighted by Gasteiger charge is 2.52. The van der Waals surface area contributed by atoms with Crippen molar-refractivity contribution in [2.45, 2.75) is 51.9 Å². The van der Waals surface area contributed by atoms with Crippen molar-refractivity contribution in [3.63, 3.8) is 0 Å². The lowest BCUT2D eigenvalue weighted by atomic mass is 9.77. The third-order valence-corrected chi connectivity index (χ3v) is 6.27. The van der Waals surface area contributed by atoms with Crippen molar-refractivity contribution in [1.82, 2.24) is 5.32 Å². The van der Waals surface area contributed by atoms with Gasteiger partial charge in [-0.15, -0.1) is 0 Å². The predicted octanol–water partition coefficient (Wildman–Crippen LogP) is 4.56. The fraction of sp³-hybridized carbons (Fsp3) is 0.400. The van der Waals surface area contributed by atoms with E-state index in [0.717, 1.165) is 28.8 Å². The second-order valence-electron chi connectivity index (χ2n) is 9.19. The van der Waals surface area contributed by atoms with Crippen LogP contribution in [0.1, 0.15) is 44.4 Å². The summed E-state index contributed by atoms with van der Waals surface area (Å²) >= 11 is 0. The van der Waals surface area contributed by atoms with Crippen molar-refractivity contribution in [2.75, 3.05) is 13.2 Å². The van der Waals surface area contributed by atoms with E-state index in [0.29, 0.717) is 6.61 Å². The summed E-state index contributed by atoms with van der Waals surface area (Å²) in [5.41, 5.74) is 3.00. The van der Waals surface area contributed by atoms with E-state index in [1.807, 2.05) is 76.2 Å². The number of nitrogens with one attached hydrogen (secondary N) is 1. The molecule has 0 bridgehead atoms. The highest BCUT2D eigenvalue weighted by Crippen LogP contribution is 2.39. The second kappa shape index (κ2) is 9.00. The zero-order valence-corrected chi connectivity index (χ0v) is 19.1. The molecule has 0 unspecified atom stereocenters. The van der Waals surface area contributed by atoms with Crippen LogP contribution in [-0.4, -0.2) is 37.6 Å². The Hall–Kier alpha value is -2.77. The summed E-state index contributed by atoms with van der Waals surface area (Å²) in [6, 6.07) is 15.7. The molecule has 32 heavy (non-hydrogen) atoms. The van der Waals surface area contributed by atoms with Gasteiger partial charge in [-0.1, -0.05) is 42.5 Å². The smallest absolute Gasteiger partial charge is 0.492 e. The SMILES string of the molecule is CC1(C)OB(C(=Cc2ccc3c(c2)CCO3)CNC(=O)OCc2ccccc2)OC1(C)C. The van der Waals surface area contributed by atoms with Crippen molar-refractivity contribution in [3.8, 4) is 5.75 Å². The first-order valence-electron chi connectivity index (χ1n) is 11.0. The molecular weight excluding hydrogens is 405 g/mol. The molecule has 2 aromatic carbocycles. The summed E-state index contributed by atoms with van der Waals surface area (Å²) < 4.78 is 23.5. The number of amides is 1. The number of benzene rings is 2. The summed E-state index contributed by atoms with van der Waals surface area (Å²) in [5, 5.41) is 2.84. The van der Waals surface area contributed by atoms with Gasteiger partial charge in [0.15, 0.2) is 0 Å². The molecule has 2 aliphatic heterocycles. The molecule has 6 nitrogen and oxygen atoms in total. The Labute approximate surface area is 190 Å². The first-order valence-corrected chi connectivity index (χ1v) is 11.0. The minimum absolute atomic E-state index is 0.215. The van der Waals surface area contributed by atoms with Gasteiger partial charge in [0.05, 0.1) is 17.8 Å². The van der Waals surface area contributed by atoms with E-state index in [2.05, 4.69) is 11.4 Å². The number of fused-ring (bicyclic) bond motifs is 1. The first-order chi connectivity index (χ1) is 15.2. The molecule has 2 aromatic rings. The maximum atomic E-state index is 12.3. The van der Waals surface area contributed by atoms with Crippen LogP contribution in [0.5, 0.6) is 5.75 Å². The molecule has 1 amide bonds. The largest absolute Gasteiger partial charge is 0.493 e. The zero-order valence-electron chi connectivity index (χ0n) is 19.1. The van der Waals surface area contributed by atoms with E-state index < -0.39 is 24.4 Å². The topological polar surface area (TPSA) is 66.0 Å². The first kappa shape index (κ1) is 22.4. The van der Waals surface area contributed by atoms with Gasteiger partial charge in [-0.3, -0.25) is 0 Å². The molecule has 0 aliphatic carbocycles. The molecule has 168 valence electrons. The normalized spacial score (nSPS) is 18.8. The van der Waals surface area contributed by atoms with Gasteiger partial charge in [-0.05, 0) is 62.0 Å². The van der Waals surface area contributed by atoms with Gasteiger partial charge in [0.1, 0.15) is 12.4 Å². The lowest BCUT2D eigenvalue weighted by molar-refractivity contribution is 0.00578. The molecular formula is C25H30BNO5. The minimum Gasteiger partial charge on any atom is -0.493 e. The van der Waals surface area contributed by atoms with Gasteiger partial charge in [-0.25, -0.2) is 4.79 Å². The zero-order chi connectivity index (χ0) is 22.8. The maximum absolute atomic E-state index is 12.3. The molecule has 1 fully saturated rings. The fourth-order valence-electron chi connectivity index (χ4n) is 3.66. The summed E-state index contributed by atoms with van der Waals surface area (Å²) in [6.07, 6.45) is 2.42. The molecule has 0 spiro atoms. The van der Waals surface area contributed by atoms with Crippen molar-refractivity contribution < 1.29 is 23.6 Å². The van der Waals surface area contributed by atoms with Crippen LogP contribution < -0.4 is 10.1 Å². The summed E-state index contributed by atoms with van der Waals surface area (Å²) in [5.74, 6) is 0.932. The van der Waals surface area contributed by atoms with Gasteiger partial charge in [0.25, 0.3) is 0 Å². The summed E-state index contributed by atoms with van der Waals surface area (Å²) in [4.78, 5) is 12.3. The molecule has 2 heterocycles. The predicted molar refractivity (Wildman–Crippen MR) is 124 cm³/mol. The van der Waals surface area contributed by atoms with Crippen molar-refractivity contribution >= 4 is 19.3 Å². The molecule has 1 N–H and O–H groups in total. The Kier molecular flexibility index (Phi) is 6.31. The molecule has 2 aliphatic rings. The quantitative estimate of drug-likeness (QED) is 0.674. The van der Waals surface area contributed by atoms with E-state index in [4.69, 9.17) is 18.8 Å². The maximum Gasteiger partial charge on any atom is 0.492 e. The van der Waals surface area contributed by atoms with Crippen LogP contribution >= 0.6 is 0 Å². The number of rotatable bonds is 6. The van der Waals surface area contributed by atoms with Crippen LogP contribution in [0.2, 0.25) is 0 Å². The Bertz CT molecular complexity index is 987. The van der Waals surface area contributed by atoms with Crippen molar-refractivity contribution in [1.29, 1.82) is 0 Å². The Morgan fingerprint density at radius 3 is 2.53 bits per heavy atom. The van der Waals surface area contributed by atoms with Gasteiger partial charge in [0.2, 0.25) is 0 Å². The average molecular weight is 435 g/mol. The Morgan fingerprint density at radius 2 is 1.81 bits per heavy atom. The molecule has 1 saturated heterocycles. The van der Waals surface area contributed by atoms with E-state index in [-0.39, 0.29) is 13.2 Å². The van der Waals surface area contributed by atoms with E-state index >= 15 is 0 Å². The van der Waals surface area contributed by atoms with Crippen LogP contribution in [-0.2, 0) is 27.1 Å². The van der Waals surface area contributed by atoms with Gasteiger partial charge in [-0.2, -0.15) is 0 Å². The summed E-state index contributed by atoms with van der Waals surface area (Å²) in [7, 11) is -0.570. The highest BCUT2D eigenvalue weighted by molar-refractivity contribution is 6.56. The summed E-state index contributed by atoms with van der Waals surface area (Å²) in [6.45, 7) is 9.22. The molecule has 0 radical (unpaired) electrons. The van der Waals surface area contributed by atoms with Gasteiger partial charge in [0, 0.05) is 13.0 Å². The molecule has 0 atom stereocenters. The third kappa shape index (κ3) is 5.00. The highest BCUT2D eigenvalue weighted by atomic mass is 16.7. The lowest BCUT2D eigenvalue weighted by Crippen LogP contribution is -2.41. The van der Waals surface area contributed by atoms with E-state index in [1.54, 1.807) is 0 Å². The standard InChI is InChI=1S/C25H30BNO5/c1-24(2)25(3,4)32-26(31-24)21(15-19-10-11-22-20(14-19)12-13-29-22)16-27-23(28)30-17-18-8-6-5-7-9-18/h5-11,14-15H,12-13,16-17H2,1-4H3,(H,27,28). The van der Waals surface area contributed by atoms with Crippen LogP contribution in [0.15, 0.2) is 54.0 Å². The molecule has 0 aromatic heterocycles. The lowest BCUT2D eigenvalue weighted by Gasteiger charge is -2.32. The fourth-order valence-corrected chi connectivity index (χ4v) is 3.66. The molecule has 4 rings (SSSR count). The Balaban J connectivity index is 1.48. The van der Waals surface area contributed by atoms with Crippen molar-refractivity contribution in [3.05, 3.63) is 70.7 Å². The van der Waals surface area contributed by atoms with Crippen LogP contribution in [0.25, 0.3) is 6.08 Å². The number of carbonyl (C=O) groups is 1. The number of carbonyl (C=O) groups excluding carboxylic acids is 1. The van der Waals surface area contributed by atoms with Crippen molar-refractivity contribution in [2.24, 2.45) is 0 Å². The second-order valence-corrected chi connectivity index (χ2v) is 9.19. The van der Waals surface area contributed by atoms with Crippen LogP contribution in [0.3, 0.4) is 0 Å². The van der Waals surface area contributed by atoms with Gasteiger partial charge < -0.3 is 24.1 Å². The van der Waals surface area contributed by atoms with Gasteiger partial charge >= 0.3 is 13.2 Å². The molecule has 7 heteroatoms. The monoisotopic (exact) mass is 435 g/mol. The molecule has 0 saturated carbocycles. The average Bonchev–Trinajstić information content (AvgIpc) is 3.31. The van der Waals surface area contributed by atoms with Crippen LogP contribution in [0.4, 0.5) is 4.79 Å².